The van der Waals surface area contributed by atoms with Crippen LogP contribution in [-0.2, 0) is 9.59 Å². The zero-order valence-corrected chi connectivity index (χ0v) is 11.8. The van der Waals surface area contributed by atoms with Crippen LogP contribution in [0.4, 0.5) is 4.79 Å². The van der Waals surface area contributed by atoms with Gasteiger partial charge in [0.15, 0.2) is 0 Å². The van der Waals surface area contributed by atoms with E-state index in [2.05, 4.69) is 17.6 Å². The van der Waals surface area contributed by atoms with Crippen molar-refractivity contribution in [2.24, 2.45) is 0 Å². The summed E-state index contributed by atoms with van der Waals surface area (Å²) in [7, 11) is 0. The molecule has 0 aromatic heterocycles. The number of urea groups is 1. The van der Waals surface area contributed by atoms with E-state index < -0.39 is 18.4 Å². The lowest BCUT2D eigenvalue weighted by molar-refractivity contribution is -0.137. The normalized spacial score (nSPS) is 22.7. The minimum absolute atomic E-state index is 0.112. The topological polar surface area (TPSA) is 98.7 Å². The molecule has 0 radical (unpaired) electrons. The Kier molecular flexibility index (Phi) is 5.94. The predicted octanol–water partition coefficient (Wildman–Crippen LogP) is -0.277. The zero-order valence-electron chi connectivity index (χ0n) is 11.0. The first-order chi connectivity index (χ1) is 8.91. The maximum absolute atomic E-state index is 11.9. The molecule has 2 unspecified atom stereocenters. The van der Waals surface area contributed by atoms with Crippen LogP contribution in [0.5, 0.6) is 0 Å². The Balaban J connectivity index is 2.34. The Bertz CT molecular complexity index is 364. The molecule has 1 saturated heterocycles. The number of rotatable bonds is 4. The van der Waals surface area contributed by atoms with E-state index in [4.69, 9.17) is 5.11 Å². The largest absolute Gasteiger partial charge is 0.480 e. The van der Waals surface area contributed by atoms with Crippen molar-refractivity contribution in [3.05, 3.63) is 0 Å². The lowest BCUT2D eigenvalue weighted by atomic mass is 10.2. The van der Waals surface area contributed by atoms with Crippen molar-refractivity contribution in [2.75, 3.05) is 25.4 Å². The van der Waals surface area contributed by atoms with Crippen molar-refractivity contribution in [1.29, 1.82) is 0 Å². The lowest BCUT2D eigenvalue weighted by Gasteiger charge is -2.37. The maximum Gasteiger partial charge on any atom is 0.322 e. The van der Waals surface area contributed by atoms with E-state index in [-0.39, 0.29) is 18.6 Å². The van der Waals surface area contributed by atoms with Gasteiger partial charge < -0.3 is 20.6 Å². The van der Waals surface area contributed by atoms with Crippen molar-refractivity contribution in [2.45, 2.75) is 25.1 Å². The summed E-state index contributed by atoms with van der Waals surface area (Å²) in [6.45, 7) is 4.04. The highest BCUT2D eigenvalue weighted by Crippen LogP contribution is 2.23. The number of nitrogens with one attached hydrogen (secondary N) is 2. The van der Waals surface area contributed by atoms with E-state index in [1.807, 2.05) is 18.7 Å². The quantitative estimate of drug-likeness (QED) is 0.661. The van der Waals surface area contributed by atoms with Crippen molar-refractivity contribution >= 4 is 29.7 Å². The molecule has 0 aromatic carbocycles. The summed E-state index contributed by atoms with van der Waals surface area (Å²) in [4.78, 5) is 35.1. The fourth-order valence-corrected chi connectivity index (χ4v) is 2.81. The van der Waals surface area contributed by atoms with Gasteiger partial charge in [0, 0.05) is 23.6 Å². The third-order valence-electron chi connectivity index (χ3n) is 2.98. The molecule has 0 aromatic rings. The van der Waals surface area contributed by atoms with Gasteiger partial charge in [-0.05, 0) is 6.92 Å². The first-order valence-corrected chi connectivity index (χ1v) is 7.11. The van der Waals surface area contributed by atoms with E-state index >= 15 is 0 Å². The van der Waals surface area contributed by atoms with Crippen molar-refractivity contribution in [1.82, 2.24) is 15.5 Å². The van der Waals surface area contributed by atoms with Crippen molar-refractivity contribution in [3.8, 4) is 0 Å². The molecular formula is C11H19N3O4S. The molecular weight excluding hydrogens is 270 g/mol. The van der Waals surface area contributed by atoms with Gasteiger partial charge in [-0.1, -0.05) is 6.92 Å². The van der Waals surface area contributed by atoms with Gasteiger partial charge in [-0.3, -0.25) is 9.59 Å². The van der Waals surface area contributed by atoms with Crippen LogP contribution in [0.1, 0.15) is 13.8 Å². The Morgan fingerprint density at radius 2 is 1.95 bits per heavy atom. The third-order valence-corrected chi connectivity index (χ3v) is 4.32. The van der Waals surface area contributed by atoms with E-state index in [0.717, 1.165) is 5.75 Å². The average Bonchev–Trinajstić information content (AvgIpc) is 2.36. The molecule has 0 spiro atoms. The number of aliphatic carboxylic acids is 1. The molecule has 1 heterocycles. The number of amides is 3. The van der Waals surface area contributed by atoms with Gasteiger partial charge in [0.1, 0.15) is 6.54 Å². The van der Waals surface area contributed by atoms with Crippen LogP contribution in [0.15, 0.2) is 0 Å². The van der Waals surface area contributed by atoms with E-state index in [1.54, 1.807) is 4.90 Å². The van der Waals surface area contributed by atoms with Crippen LogP contribution in [0.25, 0.3) is 0 Å². The SMILES string of the molecule is CC1SCCN(C(=O)NCC(=O)NCC(=O)O)C1C. The molecule has 1 aliphatic heterocycles. The Morgan fingerprint density at radius 1 is 1.26 bits per heavy atom. The first kappa shape index (κ1) is 15.6. The maximum atomic E-state index is 11.9. The Labute approximate surface area is 116 Å². The highest BCUT2D eigenvalue weighted by molar-refractivity contribution is 8.00. The van der Waals surface area contributed by atoms with Gasteiger partial charge in [-0.15, -0.1) is 0 Å². The average molecular weight is 289 g/mol. The third kappa shape index (κ3) is 4.98. The molecule has 0 saturated carbocycles. The van der Waals surface area contributed by atoms with E-state index in [1.165, 1.54) is 0 Å². The fraction of sp³-hybridized carbons (Fsp3) is 0.727. The number of hydrogen-bond donors (Lipinski definition) is 3. The Morgan fingerprint density at radius 3 is 2.58 bits per heavy atom. The number of carbonyl (C=O) groups excluding carboxylic acids is 2. The number of carboxylic acid groups (broad SMARTS) is 1. The minimum atomic E-state index is -1.12. The minimum Gasteiger partial charge on any atom is -0.480 e. The first-order valence-electron chi connectivity index (χ1n) is 6.06. The Hall–Kier alpha value is -1.44. The monoisotopic (exact) mass is 289 g/mol. The molecule has 8 heteroatoms. The number of thioether (sulfide) groups is 1. The molecule has 2 atom stereocenters. The number of carboxylic acids is 1. The van der Waals surface area contributed by atoms with Gasteiger partial charge in [0.25, 0.3) is 0 Å². The smallest absolute Gasteiger partial charge is 0.322 e. The summed E-state index contributed by atoms with van der Waals surface area (Å²) in [6.07, 6.45) is 0. The van der Waals surface area contributed by atoms with Crippen LogP contribution in [0, 0.1) is 0 Å². The van der Waals surface area contributed by atoms with Crippen LogP contribution in [0.2, 0.25) is 0 Å². The molecule has 0 aliphatic carbocycles. The second-order valence-electron chi connectivity index (χ2n) is 4.34. The molecule has 108 valence electrons. The summed E-state index contributed by atoms with van der Waals surface area (Å²) in [5.74, 6) is -0.748. The van der Waals surface area contributed by atoms with Crippen LogP contribution >= 0.6 is 11.8 Å². The summed E-state index contributed by atoms with van der Waals surface area (Å²) in [5.41, 5.74) is 0. The zero-order chi connectivity index (χ0) is 14.4. The van der Waals surface area contributed by atoms with Gasteiger partial charge in [-0.2, -0.15) is 11.8 Å². The summed E-state index contributed by atoms with van der Waals surface area (Å²) in [6, 6.07) is -0.175. The van der Waals surface area contributed by atoms with E-state index in [0.29, 0.717) is 11.8 Å². The van der Waals surface area contributed by atoms with Gasteiger partial charge in [-0.25, -0.2) is 4.79 Å². The molecule has 0 bridgehead atoms. The van der Waals surface area contributed by atoms with Crippen LogP contribution < -0.4 is 10.6 Å². The standard InChI is InChI=1S/C11H19N3O4S/c1-7-8(2)19-4-3-14(7)11(18)13-5-9(15)12-6-10(16)17/h7-8H,3-6H2,1-2H3,(H,12,15)(H,13,18)(H,16,17). The van der Waals surface area contributed by atoms with Crippen molar-refractivity contribution < 1.29 is 19.5 Å². The molecule has 1 fully saturated rings. The second kappa shape index (κ2) is 7.22. The van der Waals surface area contributed by atoms with Gasteiger partial charge >= 0.3 is 12.0 Å². The molecule has 1 aliphatic rings. The van der Waals surface area contributed by atoms with Gasteiger partial charge in [0.2, 0.25) is 5.91 Å². The second-order valence-corrected chi connectivity index (χ2v) is 5.82. The van der Waals surface area contributed by atoms with Gasteiger partial charge in [0.05, 0.1) is 6.54 Å². The predicted molar refractivity (Wildman–Crippen MR) is 72.1 cm³/mol. The summed E-state index contributed by atoms with van der Waals surface area (Å²) in [5, 5.41) is 13.4. The lowest BCUT2D eigenvalue weighted by Crippen LogP contribution is -2.53. The molecule has 19 heavy (non-hydrogen) atoms. The number of nitrogens with zero attached hydrogens (tertiary/aromatic N) is 1. The van der Waals surface area contributed by atoms with Crippen molar-refractivity contribution in [3.63, 3.8) is 0 Å². The molecule has 3 amide bonds. The fourth-order valence-electron chi connectivity index (χ4n) is 1.71. The molecule has 1 rings (SSSR count). The highest BCUT2D eigenvalue weighted by atomic mass is 32.2. The van der Waals surface area contributed by atoms with E-state index in [9.17, 15) is 14.4 Å². The van der Waals surface area contributed by atoms with Crippen LogP contribution in [-0.4, -0.2) is 64.6 Å². The number of hydrogen-bond acceptors (Lipinski definition) is 4. The van der Waals surface area contributed by atoms with Crippen LogP contribution in [0.3, 0.4) is 0 Å². The summed E-state index contributed by atoms with van der Waals surface area (Å²) >= 11 is 1.82. The number of carbonyl (C=O) groups is 3. The molecule has 7 nitrogen and oxygen atoms in total. The summed E-state index contributed by atoms with van der Waals surface area (Å²) < 4.78 is 0. The highest BCUT2D eigenvalue weighted by Gasteiger charge is 2.28. The molecule has 3 N–H and O–H groups in total.